The lowest BCUT2D eigenvalue weighted by molar-refractivity contribution is 0.0996. The van der Waals surface area contributed by atoms with Crippen molar-refractivity contribution in [2.75, 3.05) is 19.6 Å². The van der Waals surface area contributed by atoms with Crippen molar-refractivity contribution in [2.24, 2.45) is 0 Å². The van der Waals surface area contributed by atoms with E-state index in [9.17, 15) is 9.50 Å². The van der Waals surface area contributed by atoms with Gasteiger partial charge in [-0.05, 0) is 19.3 Å². The molecule has 0 spiro atoms. The standard InChI is InChI=1S/C8H14FNO/c9-7-4-8(6-11)2-1-3-10(8)5-7/h7,11H,1-6H2/t7-,8+/m1/s1/i3D2,5D2. The molecule has 2 fully saturated rings. The second-order valence-corrected chi connectivity index (χ2v) is 3.18. The van der Waals surface area contributed by atoms with Gasteiger partial charge >= 0.3 is 0 Å². The smallest absolute Gasteiger partial charge is 0.115 e. The maximum absolute atomic E-state index is 13.5. The van der Waals surface area contributed by atoms with Gasteiger partial charge in [-0.1, -0.05) is 0 Å². The summed E-state index contributed by atoms with van der Waals surface area (Å²) in [6, 6.07) is 0. The zero-order valence-electron chi connectivity index (χ0n) is 10.2. The third-order valence-electron chi connectivity index (χ3n) is 2.46. The monoisotopic (exact) mass is 163 g/mol. The van der Waals surface area contributed by atoms with Gasteiger partial charge in [-0.2, -0.15) is 0 Å². The highest BCUT2D eigenvalue weighted by molar-refractivity contribution is 5.03. The van der Waals surface area contributed by atoms with E-state index in [1.54, 1.807) is 0 Å². The molecule has 11 heavy (non-hydrogen) atoms. The van der Waals surface area contributed by atoms with E-state index < -0.39 is 31.3 Å². The fourth-order valence-electron chi connectivity index (χ4n) is 1.79. The van der Waals surface area contributed by atoms with Gasteiger partial charge in [-0.25, -0.2) is 4.39 Å². The Morgan fingerprint density at radius 2 is 2.64 bits per heavy atom. The fraction of sp³-hybridized carbons (Fsp3) is 1.00. The van der Waals surface area contributed by atoms with Crippen molar-refractivity contribution < 1.29 is 15.0 Å². The van der Waals surface area contributed by atoms with Crippen molar-refractivity contribution in [3.63, 3.8) is 0 Å². The van der Waals surface area contributed by atoms with Crippen LogP contribution in [0.15, 0.2) is 0 Å². The third kappa shape index (κ3) is 0.983. The van der Waals surface area contributed by atoms with Crippen LogP contribution in [0.25, 0.3) is 0 Å². The van der Waals surface area contributed by atoms with Gasteiger partial charge in [0.15, 0.2) is 0 Å². The molecule has 2 atom stereocenters. The zero-order valence-corrected chi connectivity index (χ0v) is 6.18. The van der Waals surface area contributed by atoms with E-state index in [4.69, 9.17) is 5.48 Å². The van der Waals surface area contributed by atoms with Crippen LogP contribution in [0.4, 0.5) is 4.39 Å². The highest BCUT2D eigenvalue weighted by Gasteiger charge is 2.47. The summed E-state index contributed by atoms with van der Waals surface area (Å²) in [4.78, 5) is 0.900. The van der Waals surface area contributed by atoms with Gasteiger partial charge in [0.05, 0.1) is 6.61 Å². The first-order chi connectivity index (χ1) is 6.76. The third-order valence-corrected chi connectivity index (χ3v) is 2.46. The number of nitrogens with zero attached hydrogens (tertiary/aromatic N) is 1. The number of halogens is 1. The molecule has 2 nitrogen and oxygen atoms in total. The van der Waals surface area contributed by atoms with Crippen LogP contribution in [0, 0.1) is 0 Å². The lowest BCUT2D eigenvalue weighted by atomic mass is 9.95. The number of hydrogen-bond donors (Lipinski definition) is 1. The SMILES string of the molecule is [2H]C1([2H])CC[C@@]2(CO)C[C@@H](F)C([2H])([2H])N12. The van der Waals surface area contributed by atoms with E-state index in [0.29, 0.717) is 6.42 Å². The van der Waals surface area contributed by atoms with E-state index in [1.165, 1.54) is 0 Å². The summed E-state index contributed by atoms with van der Waals surface area (Å²) < 4.78 is 44.0. The van der Waals surface area contributed by atoms with Gasteiger partial charge in [-0.15, -0.1) is 0 Å². The van der Waals surface area contributed by atoms with Gasteiger partial charge in [0.1, 0.15) is 6.17 Å². The summed E-state index contributed by atoms with van der Waals surface area (Å²) >= 11 is 0. The first-order valence-electron chi connectivity index (χ1n) is 5.82. The van der Waals surface area contributed by atoms with Crippen LogP contribution in [0.5, 0.6) is 0 Å². The molecule has 2 saturated heterocycles. The van der Waals surface area contributed by atoms with E-state index in [2.05, 4.69) is 0 Å². The summed E-state index contributed by atoms with van der Waals surface area (Å²) in [7, 11) is 0. The zero-order chi connectivity index (χ0) is 11.5. The normalized spacial score (nSPS) is 59.3. The van der Waals surface area contributed by atoms with Crippen molar-refractivity contribution in [1.29, 1.82) is 0 Å². The molecule has 1 N–H and O–H groups in total. The Labute approximate surface area is 71.6 Å². The van der Waals surface area contributed by atoms with Crippen molar-refractivity contribution in [2.45, 2.75) is 31.0 Å². The van der Waals surface area contributed by atoms with E-state index in [-0.39, 0.29) is 12.8 Å². The Morgan fingerprint density at radius 3 is 3.27 bits per heavy atom. The average Bonchev–Trinajstić information content (AvgIpc) is 2.49. The minimum absolute atomic E-state index is 0.129. The van der Waals surface area contributed by atoms with Crippen molar-refractivity contribution in [3.05, 3.63) is 0 Å². The Hall–Kier alpha value is -0.150. The molecule has 3 heteroatoms. The van der Waals surface area contributed by atoms with Gasteiger partial charge in [-0.3, -0.25) is 4.90 Å². The molecule has 0 aromatic rings. The topological polar surface area (TPSA) is 23.5 Å². The molecule has 0 radical (unpaired) electrons. The van der Waals surface area contributed by atoms with Gasteiger partial charge in [0.25, 0.3) is 0 Å². The van der Waals surface area contributed by atoms with Crippen molar-refractivity contribution >= 4 is 0 Å². The first kappa shape index (κ1) is 4.19. The summed E-state index contributed by atoms with van der Waals surface area (Å²) in [5.41, 5.74) is -1.05. The van der Waals surface area contributed by atoms with Crippen LogP contribution < -0.4 is 0 Å². The van der Waals surface area contributed by atoms with Crippen LogP contribution in [0.3, 0.4) is 0 Å². The van der Waals surface area contributed by atoms with Crippen LogP contribution >= 0.6 is 0 Å². The summed E-state index contributed by atoms with van der Waals surface area (Å²) in [6.45, 7) is -4.58. The Bertz CT molecular complexity index is 288. The minimum Gasteiger partial charge on any atom is -0.394 e. The molecule has 2 aliphatic heterocycles. The average molecular weight is 163 g/mol. The van der Waals surface area contributed by atoms with E-state index >= 15 is 0 Å². The Kier molecular flexibility index (Phi) is 0.922. The quantitative estimate of drug-likeness (QED) is 0.610. The van der Waals surface area contributed by atoms with Crippen LogP contribution in [-0.2, 0) is 0 Å². The molecule has 0 aromatic heterocycles. The number of fused-ring (bicyclic) bond motifs is 1. The molecule has 0 aliphatic carbocycles. The number of aliphatic hydroxyl groups is 1. The number of rotatable bonds is 1. The molecular weight excluding hydrogens is 145 g/mol. The Morgan fingerprint density at radius 1 is 1.82 bits per heavy atom. The second kappa shape index (κ2) is 2.42. The number of aliphatic hydroxyl groups excluding tert-OH is 1. The largest absolute Gasteiger partial charge is 0.394 e. The molecular formula is C8H14FNO. The fourth-order valence-corrected chi connectivity index (χ4v) is 1.79. The maximum atomic E-state index is 13.5. The molecule has 2 aliphatic rings. The van der Waals surface area contributed by atoms with Crippen LogP contribution in [-0.4, -0.2) is 41.3 Å². The van der Waals surface area contributed by atoms with Crippen LogP contribution in [0.2, 0.25) is 0 Å². The van der Waals surface area contributed by atoms with Crippen molar-refractivity contribution in [1.82, 2.24) is 4.90 Å². The predicted octanol–water partition coefficient (Wildman–Crippen LogP) is 0.555. The maximum Gasteiger partial charge on any atom is 0.115 e. The Balaban J connectivity index is 2.44. The molecule has 0 bridgehead atoms. The molecule has 0 unspecified atom stereocenters. The molecule has 2 rings (SSSR count). The van der Waals surface area contributed by atoms with Crippen molar-refractivity contribution in [3.8, 4) is 0 Å². The van der Waals surface area contributed by atoms with Gasteiger partial charge in [0.2, 0.25) is 0 Å². The van der Waals surface area contributed by atoms with E-state index in [0.717, 1.165) is 4.90 Å². The summed E-state index contributed by atoms with van der Waals surface area (Å²) in [5.74, 6) is 0. The molecule has 0 amide bonds. The highest BCUT2D eigenvalue weighted by Crippen LogP contribution is 2.39. The highest BCUT2D eigenvalue weighted by atomic mass is 19.1. The first-order valence-corrected chi connectivity index (χ1v) is 3.82. The summed E-state index contributed by atoms with van der Waals surface area (Å²) in [5, 5.41) is 9.27. The molecule has 64 valence electrons. The molecule has 0 saturated carbocycles. The number of hydrogen-bond acceptors (Lipinski definition) is 2. The molecule has 2 heterocycles. The minimum atomic E-state index is -2.32. The predicted molar refractivity (Wildman–Crippen MR) is 40.1 cm³/mol. The molecule has 0 aromatic carbocycles. The van der Waals surface area contributed by atoms with Gasteiger partial charge < -0.3 is 5.11 Å². The number of alkyl halides is 1. The van der Waals surface area contributed by atoms with E-state index in [1.807, 2.05) is 0 Å². The van der Waals surface area contributed by atoms with Crippen LogP contribution in [0.1, 0.15) is 24.7 Å². The lowest BCUT2D eigenvalue weighted by Crippen LogP contribution is -2.41. The van der Waals surface area contributed by atoms with Gasteiger partial charge in [0, 0.05) is 23.9 Å². The summed E-state index contributed by atoms with van der Waals surface area (Å²) in [6.07, 6.45) is -1.42. The lowest BCUT2D eigenvalue weighted by Gasteiger charge is -2.28. The second-order valence-electron chi connectivity index (χ2n) is 3.18.